The Labute approximate surface area is 169 Å². The Bertz CT molecular complexity index is 907. The number of rotatable bonds is 6. The molecule has 158 valence electrons. The highest BCUT2D eigenvalue weighted by molar-refractivity contribution is 7.89. The minimum Gasteiger partial charge on any atom is -0.481 e. The Balaban J connectivity index is 2.19. The molecule has 0 bridgehead atoms. The molecule has 0 saturated carbocycles. The maximum absolute atomic E-state index is 13.0. The molecule has 1 aromatic carbocycles. The maximum Gasteiger partial charge on any atom is 0.263 e. The quantitative estimate of drug-likeness (QED) is 0.263. The minimum absolute atomic E-state index is 0.0271. The fourth-order valence-electron chi connectivity index (χ4n) is 2.76. The van der Waals surface area contributed by atoms with E-state index in [-0.39, 0.29) is 17.5 Å². The van der Waals surface area contributed by atoms with Gasteiger partial charge in [-0.25, -0.2) is 13.9 Å². The molecular weight excluding hydrogens is 400 g/mol. The van der Waals surface area contributed by atoms with Gasteiger partial charge in [0.05, 0.1) is 23.5 Å². The topological polar surface area (TPSA) is 137 Å². The Morgan fingerprint density at radius 3 is 2.66 bits per heavy atom. The van der Waals surface area contributed by atoms with E-state index in [1.165, 1.54) is 36.7 Å². The molecule has 0 aliphatic carbocycles. The van der Waals surface area contributed by atoms with Crippen molar-refractivity contribution in [2.75, 3.05) is 20.2 Å². The van der Waals surface area contributed by atoms with E-state index in [1.54, 1.807) is 7.05 Å². The summed E-state index contributed by atoms with van der Waals surface area (Å²) in [6, 6.07) is 3.48. The summed E-state index contributed by atoms with van der Waals surface area (Å²) in [7, 11) is -2.39. The maximum atomic E-state index is 13.0. The van der Waals surface area contributed by atoms with Crippen molar-refractivity contribution in [1.82, 2.24) is 20.4 Å². The molecule has 1 aliphatic rings. The van der Waals surface area contributed by atoms with Crippen LogP contribution in [0.5, 0.6) is 5.75 Å². The smallest absolute Gasteiger partial charge is 0.263 e. The number of benzene rings is 1. The first kappa shape index (κ1) is 22.6. The largest absolute Gasteiger partial charge is 0.481 e. The van der Waals surface area contributed by atoms with E-state index < -0.39 is 40.5 Å². The summed E-state index contributed by atoms with van der Waals surface area (Å²) < 4.78 is 32.2. The number of carbonyl (C=O) groups is 2. The second kappa shape index (κ2) is 9.71. The SMILES string of the molecule is CNC(C)C#CCOc1ccc(S(=O)(=O)N2CC(=O)NC(C)C2C(=O)NO)cc1. The van der Waals surface area contributed by atoms with E-state index in [4.69, 9.17) is 9.94 Å². The molecule has 0 radical (unpaired) electrons. The van der Waals surface area contributed by atoms with E-state index in [9.17, 15) is 18.0 Å². The molecule has 11 heteroatoms. The van der Waals surface area contributed by atoms with Gasteiger partial charge in [-0.3, -0.25) is 14.8 Å². The summed E-state index contributed by atoms with van der Waals surface area (Å²) in [6.07, 6.45) is 0. The zero-order valence-corrected chi connectivity index (χ0v) is 17.1. The number of hydrogen-bond acceptors (Lipinski definition) is 7. The van der Waals surface area contributed by atoms with E-state index in [2.05, 4.69) is 22.5 Å². The van der Waals surface area contributed by atoms with E-state index in [0.29, 0.717) is 5.75 Å². The summed E-state index contributed by atoms with van der Waals surface area (Å²) >= 11 is 0. The molecule has 1 heterocycles. The van der Waals surface area contributed by atoms with Gasteiger partial charge in [-0.2, -0.15) is 4.31 Å². The first-order valence-corrected chi connectivity index (χ1v) is 10.3. The lowest BCUT2D eigenvalue weighted by Crippen LogP contribution is -2.65. The molecule has 1 fully saturated rings. The number of amides is 2. The molecule has 0 aromatic heterocycles. The number of hydrogen-bond donors (Lipinski definition) is 4. The highest BCUT2D eigenvalue weighted by atomic mass is 32.2. The molecular formula is C18H24N4O6S. The van der Waals surface area contributed by atoms with Crippen LogP contribution in [0.1, 0.15) is 13.8 Å². The second-order valence-electron chi connectivity index (χ2n) is 6.42. The van der Waals surface area contributed by atoms with Gasteiger partial charge in [0.2, 0.25) is 15.9 Å². The molecule has 3 unspecified atom stereocenters. The van der Waals surface area contributed by atoms with E-state index in [1.807, 2.05) is 6.92 Å². The molecule has 1 aromatic rings. The lowest BCUT2D eigenvalue weighted by molar-refractivity contribution is -0.137. The molecule has 3 atom stereocenters. The van der Waals surface area contributed by atoms with Gasteiger partial charge in [0, 0.05) is 0 Å². The van der Waals surface area contributed by atoms with E-state index >= 15 is 0 Å². The number of ether oxygens (including phenoxy) is 1. The molecule has 0 spiro atoms. The predicted molar refractivity (Wildman–Crippen MR) is 103 cm³/mol. The van der Waals surface area contributed by atoms with Crippen molar-refractivity contribution in [1.29, 1.82) is 0 Å². The average Bonchev–Trinajstić information content (AvgIpc) is 2.70. The first-order chi connectivity index (χ1) is 13.7. The number of hydroxylamine groups is 1. The zero-order chi connectivity index (χ0) is 21.6. The second-order valence-corrected chi connectivity index (χ2v) is 8.31. The average molecular weight is 424 g/mol. The normalized spacial score (nSPS) is 20.8. The van der Waals surface area contributed by atoms with Crippen LogP contribution < -0.4 is 20.9 Å². The third-order valence-electron chi connectivity index (χ3n) is 4.34. The standard InChI is InChI=1S/C18H24N4O6S/c1-12(19-3)5-4-10-28-14-6-8-15(9-7-14)29(26,27)22-11-16(23)20-13(2)17(22)18(24)21-25/h6-9,12-13,17,19,25H,10-11H2,1-3H3,(H,20,23)(H,21,24). The number of piperazine rings is 1. The zero-order valence-electron chi connectivity index (χ0n) is 16.3. The van der Waals surface area contributed by atoms with Crippen LogP contribution in [-0.4, -0.2) is 68.1 Å². The third kappa shape index (κ3) is 5.45. The van der Waals surface area contributed by atoms with Crippen molar-refractivity contribution in [3.05, 3.63) is 24.3 Å². The van der Waals surface area contributed by atoms with Crippen molar-refractivity contribution in [2.45, 2.75) is 36.9 Å². The van der Waals surface area contributed by atoms with Gasteiger partial charge in [-0.15, -0.1) is 0 Å². The van der Waals surface area contributed by atoms with Crippen LogP contribution in [0.15, 0.2) is 29.2 Å². The highest BCUT2D eigenvalue weighted by Gasteiger charge is 2.44. The minimum atomic E-state index is -4.18. The fourth-order valence-corrected chi connectivity index (χ4v) is 4.37. The number of sulfonamides is 1. The Hall–Kier alpha value is -2.65. The molecule has 29 heavy (non-hydrogen) atoms. The van der Waals surface area contributed by atoms with Gasteiger partial charge >= 0.3 is 0 Å². The lowest BCUT2D eigenvalue weighted by atomic mass is 10.1. The summed E-state index contributed by atoms with van der Waals surface area (Å²) in [5.41, 5.74) is 1.45. The Morgan fingerprint density at radius 1 is 1.41 bits per heavy atom. The molecule has 1 aliphatic heterocycles. The first-order valence-electron chi connectivity index (χ1n) is 8.84. The van der Waals surface area contributed by atoms with Crippen LogP contribution in [0.3, 0.4) is 0 Å². The fraction of sp³-hybridized carbons (Fsp3) is 0.444. The number of nitrogens with one attached hydrogen (secondary N) is 3. The summed E-state index contributed by atoms with van der Waals surface area (Å²) in [5.74, 6) is 4.71. The molecule has 2 amide bonds. The Kier molecular flexibility index (Phi) is 7.58. The van der Waals surface area contributed by atoms with Gasteiger partial charge in [-0.1, -0.05) is 11.8 Å². The summed E-state index contributed by atoms with van der Waals surface area (Å²) in [6.45, 7) is 2.98. The van der Waals surface area contributed by atoms with E-state index in [0.717, 1.165) is 4.31 Å². The van der Waals surface area contributed by atoms with Gasteiger partial charge in [0.25, 0.3) is 5.91 Å². The van der Waals surface area contributed by atoms with Crippen LogP contribution in [0.2, 0.25) is 0 Å². The van der Waals surface area contributed by atoms with Crippen LogP contribution >= 0.6 is 0 Å². The van der Waals surface area contributed by atoms with Crippen LogP contribution in [0.4, 0.5) is 0 Å². The third-order valence-corrected chi connectivity index (χ3v) is 6.19. The summed E-state index contributed by atoms with van der Waals surface area (Å²) in [4.78, 5) is 23.7. The van der Waals surface area contributed by atoms with Gasteiger partial charge in [0.1, 0.15) is 18.4 Å². The molecule has 10 nitrogen and oxygen atoms in total. The van der Waals surface area contributed by atoms with Crippen LogP contribution in [0.25, 0.3) is 0 Å². The molecule has 4 N–H and O–H groups in total. The van der Waals surface area contributed by atoms with Crippen molar-refractivity contribution >= 4 is 21.8 Å². The highest BCUT2D eigenvalue weighted by Crippen LogP contribution is 2.24. The Morgan fingerprint density at radius 2 is 2.07 bits per heavy atom. The number of carbonyl (C=O) groups excluding carboxylic acids is 2. The van der Waals surface area contributed by atoms with Crippen molar-refractivity contribution in [3.8, 4) is 17.6 Å². The van der Waals surface area contributed by atoms with Crippen molar-refractivity contribution in [3.63, 3.8) is 0 Å². The monoisotopic (exact) mass is 424 g/mol. The van der Waals surface area contributed by atoms with Gasteiger partial charge in [0.15, 0.2) is 0 Å². The van der Waals surface area contributed by atoms with Crippen LogP contribution in [0, 0.1) is 11.8 Å². The number of nitrogens with zero attached hydrogens (tertiary/aromatic N) is 1. The molecule has 1 saturated heterocycles. The lowest BCUT2D eigenvalue weighted by Gasteiger charge is -2.37. The van der Waals surface area contributed by atoms with Crippen molar-refractivity contribution < 1.29 is 28.0 Å². The van der Waals surface area contributed by atoms with Gasteiger partial charge < -0.3 is 15.4 Å². The van der Waals surface area contributed by atoms with Crippen LogP contribution in [-0.2, 0) is 19.6 Å². The predicted octanol–water partition coefficient (Wildman–Crippen LogP) is -0.940. The van der Waals surface area contributed by atoms with Gasteiger partial charge in [-0.05, 0) is 45.2 Å². The van der Waals surface area contributed by atoms with Crippen molar-refractivity contribution in [2.24, 2.45) is 0 Å². The summed E-state index contributed by atoms with van der Waals surface area (Å²) in [5, 5.41) is 14.4. The molecule has 2 rings (SSSR count).